The average Bonchev–Trinajstić information content (AvgIpc) is 3.65. The Labute approximate surface area is 305 Å². The average molecular weight is 726 g/mol. The van der Waals surface area contributed by atoms with Crippen LogP contribution >= 0.6 is 0 Å². The van der Waals surface area contributed by atoms with E-state index in [0.29, 0.717) is 12.1 Å². The maximum Gasteiger partial charge on any atom is 0.161 e. The van der Waals surface area contributed by atoms with Crippen molar-refractivity contribution < 1.29 is 26.3 Å². The van der Waals surface area contributed by atoms with E-state index in [2.05, 4.69) is 17.0 Å². The van der Waals surface area contributed by atoms with E-state index in [0.717, 1.165) is 78.4 Å². The molecule has 0 aliphatic rings. The summed E-state index contributed by atoms with van der Waals surface area (Å²) in [5.74, 6) is -6.35. The van der Waals surface area contributed by atoms with Crippen molar-refractivity contribution in [2.45, 2.75) is 20.0 Å². The summed E-state index contributed by atoms with van der Waals surface area (Å²) in [6.07, 6.45) is 0. The highest BCUT2D eigenvalue weighted by atomic mass is 19.2. The number of aromatic nitrogens is 2. The van der Waals surface area contributed by atoms with Crippen molar-refractivity contribution in [3.63, 3.8) is 0 Å². The van der Waals surface area contributed by atoms with Crippen molar-refractivity contribution in [3.05, 3.63) is 185 Å². The maximum absolute atomic E-state index is 14.9. The summed E-state index contributed by atoms with van der Waals surface area (Å²) in [7, 11) is 0. The second-order valence-corrected chi connectivity index (χ2v) is 13.5. The minimum Gasteiger partial charge on any atom is -0.336 e. The molecule has 7 aromatic carbocycles. The zero-order valence-electron chi connectivity index (χ0n) is 28.7. The maximum atomic E-state index is 14.9. The summed E-state index contributed by atoms with van der Waals surface area (Å²) in [6, 6.07) is 38.5. The fraction of sp³-hybridized carbons (Fsp3) is 0.0667. The van der Waals surface area contributed by atoms with Gasteiger partial charge in [-0.3, -0.25) is 0 Å². The molecule has 9 aromatic rings. The fourth-order valence-corrected chi connectivity index (χ4v) is 7.55. The first-order chi connectivity index (χ1) is 26.1. The van der Waals surface area contributed by atoms with Crippen molar-refractivity contribution in [1.82, 2.24) is 9.13 Å². The first kappa shape index (κ1) is 33.4. The minimum atomic E-state index is -1.24. The molecular formula is C45H29F6N3. The molecule has 0 aliphatic carbocycles. The number of hydrogen-bond acceptors (Lipinski definition) is 1. The van der Waals surface area contributed by atoms with Gasteiger partial charge < -0.3 is 14.0 Å². The van der Waals surface area contributed by atoms with E-state index in [9.17, 15) is 26.3 Å². The molecule has 0 bridgehead atoms. The summed E-state index contributed by atoms with van der Waals surface area (Å²) < 4.78 is 89.6. The molecule has 9 rings (SSSR count). The Morgan fingerprint density at radius 3 is 1.24 bits per heavy atom. The first-order valence-electron chi connectivity index (χ1n) is 17.3. The smallest absolute Gasteiger partial charge is 0.161 e. The Bertz CT molecular complexity index is 2750. The third kappa shape index (κ3) is 5.55. The fourth-order valence-electron chi connectivity index (χ4n) is 7.55. The highest BCUT2D eigenvalue weighted by Gasteiger charge is 2.21. The molecule has 0 fully saturated rings. The van der Waals surface area contributed by atoms with Crippen LogP contribution in [0.15, 0.2) is 133 Å². The molecule has 0 radical (unpaired) electrons. The third-order valence-corrected chi connectivity index (χ3v) is 10.2. The number of rotatable bonds is 7. The predicted molar refractivity (Wildman–Crippen MR) is 203 cm³/mol. The van der Waals surface area contributed by atoms with Crippen LogP contribution in [0.4, 0.5) is 43.4 Å². The topological polar surface area (TPSA) is 13.1 Å². The van der Waals surface area contributed by atoms with Gasteiger partial charge in [0.15, 0.2) is 23.3 Å². The summed E-state index contributed by atoms with van der Waals surface area (Å²) in [5.41, 5.74) is 6.89. The zero-order chi connectivity index (χ0) is 37.2. The summed E-state index contributed by atoms with van der Waals surface area (Å²) in [6.45, 7) is 1.99. The Morgan fingerprint density at radius 1 is 0.389 bits per heavy atom. The highest BCUT2D eigenvalue weighted by Crippen LogP contribution is 2.41. The summed E-state index contributed by atoms with van der Waals surface area (Å²) in [4.78, 5) is 2.13. The van der Waals surface area contributed by atoms with Crippen molar-refractivity contribution in [2.24, 2.45) is 0 Å². The summed E-state index contributed by atoms with van der Waals surface area (Å²) >= 11 is 0. The number of fused-ring (bicyclic) bond motifs is 6. The lowest BCUT2D eigenvalue weighted by Crippen LogP contribution is -2.10. The first-order valence-corrected chi connectivity index (χ1v) is 17.3. The van der Waals surface area contributed by atoms with Gasteiger partial charge >= 0.3 is 0 Å². The largest absolute Gasteiger partial charge is 0.336 e. The lowest BCUT2D eigenvalue weighted by atomic mass is 10.1. The van der Waals surface area contributed by atoms with Crippen molar-refractivity contribution in [1.29, 1.82) is 0 Å². The number of nitrogens with zero attached hydrogens (tertiary/aromatic N) is 3. The van der Waals surface area contributed by atoms with Gasteiger partial charge in [-0.25, -0.2) is 26.3 Å². The van der Waals surface area contributed by atoms with Gasteiger partial charge in [0.25, 0.3) is 0 Å². The van der Waals surface area contributed by atoms with Crippen LogP contribution in [0.1, 0.15) is 16.7 Å². The van der Waals surface area contributed by atoms with Gasteiger partial charge in [0.2, 0.25) is 0 Å². The molecule has 54 heavy (non-hydrogen) atoms. The SMILES string of the molecule is Cc1ccc(N(c2ccc3c(c2)c2ccccc2n3Cc2cc(F)c(F)cc2F)c2ccc3c(c2)c2ccccc2n3Cc2cc(F)c(F)cc2F)cc1. The van der Waals surface area contributed by atoms with Gasteiger partial charge in [-0.05, 0) is 79.7 Å². The standard InChI is InChI=1S/C45H29F6N3/c1-26-10-12-29(13-11-26)54(30-14-16-44-34(20-30)32-6-2-4-8-42(32)52(44)24-27-18-38(48)40(50)22-36(27)46)31-15-17-45-35(21-31)33-7-3-5-9-43(33)53(45)25-28-19-39(49)41(51)23-37(28)47/h2-23H,24-25H2,1H3. The molecule has 0 saturated carbocycles. The van der Waals surface area contributed by atoms with Gasteiger partial charge in [0.1, 0.15) is 11.6 Å². The van der Waals surface area contributed by atoms with Gasteiger partial charge in [-0.2, -0.15) is 0 Å². The van der Waals surface area contributed by atoms with Crippen LogP contribution in [0, 0.1) is 41.8 Å². The summed E-state index contributed by atoms with van der Waals surface area (Å²) in [5, 5.41) is 3.58. The quantitative estimate of drug-likeness (QED) is 0.118. The van der Waals surface area contributed by atoms with Crippen LogP contribution in [0.25, 0.3) is 43.6 Å². The van der Waals surface area contributed by atoms with Gasteiger partial charge in [-0.15, -0.1) is 0 Å². The van der Waals surface area contributed by atoms with E-state index < -0.39 is 34.9 Å². The van der Waals surface area contributed by atoms with Gasteiger partial charge in [0, 0.05) is 83.9 Å². The Kier molecular flexibility index (Phi) is 7.96. The number of para-hydroxylation sites is 2. The Morgan fingerprint density at radius 2 is 0.778 bits per heavy atom. The highest BCUT2D eigenvalue weighted by molar-refractivity contribution is 6.11. The number of hydrogen-bond donors (Lipinski definition) is 0. The van der Waals surface area contributed by atoms with E-state index in [1.807, 2.05) is 113 Å². The monoisotopic (exact) mass is 725 g/mol. The Balaban J connectivity index is 1.21. The van der Waals surface area contributed by atoms with E-state index in [4.69, 9.17) is 0 Å². The molecule has 0 N–H and O–H groups in total. The Hall–Kier alpha value is -6.48. The van der Waals surface area contributed by atoms with Crippen LogP contribution < -0.4 is 4.90 Å². The molecule has 2 heterocycles. The molecule has 3 nitrogen and oxygen atoms in total. The minimum absolute atomic E-state index is 0.0107. The van der Waals surface area contributed by atoms with Crippen LogP contribution in [0.5, 0.6) is 0 Å². The lowest BCUT2D eigenvalue weighted by molar-refractivity contribution is 0.489. The molecule has 9 heteroatoms. The number of anilines is 3. The van der Waals surface area contributed by atoms with Crippen molar-refractivity contribution >= 4 is 60.7 Å². The molecular weight excluding hydrogens is 697 g/mol. The number of aryl methyl sites for hydroxylation is 1. The molecule has 0 unspecified atom stereocenters. The van der Waals surface area contributed by atoms with Crippen LogP contribution in [-0.2, 0) is 13.1 Å². The second kappa shape index (κ2) is 12.9. The molecule has 0 aliphatic heterocycles. The molecule has 0 amide bonds. The van der Waals surface area contributed by atoms with E-state index in [1.165, 1.54) is 0 Å². The van der Waals surface area contributed by atoms with E-state index in [1.54, 1.807) is 0 Å². The lowest BCUT2D eigenvalue weighted by Gasteiger charge is -2.26. The van der Waals surface area contributed by atoms with Crippen LogP contribution in [-0.4, -0.2) is 9.13 Å². The second-order valence-electron chi connectivity index (χ2n) is 13.5. The molecule has 0 saturated heterocycles. The van der Waals surface area contributed by atoms with Crippen molar-refractivity contribution in [2.75, 3.05) is 4.90 Å². The molecule has 266 valence electrons. The zero-order valence-corrected chi connectivity index (χ0v) is 28.7. The van der Waals surface area contributed by atoms with E-state index >= 15 is 0 Å². The van der Waals surface area contributed by atoms with Crippen LogP contribution in [0.2, 0.25) is 0 Å². The molecule has 0 spiro atoms. The predicted octanol–water partition coefficient (Wildman–Crippen LogP) is 12.6. The molecule has 2 aromatic heterocycles. The molecule has 0 atom stereocenters. The number of benzene rings is 7. The number of halogens is 6. The van der Waals surface area contributed by atoms with Crippen molar-refractivity contribution in [3.8, 4) is 0 Å². The van der Waals surface area contributed by atoms with Gasteiger partial charge in [-0.1, -0.05) is 54.1 Å². The van der Waals surface area contributed by atoms with Gasteiger partial charge in [0.05, 0.1) is 13.1 Å². The third-order valence-electron chi connectivity index (χ3n) is 10.2. The normalized spacial score (nSPS) is 11.8. The van der Waals surface area contributed by atoms with E-state index in [-0.39, 0.29) is 24.2 Å². The van der Waals surface area contributed by atoms with Crippen LogP contribution in [0.3, 0.4) is 0 Å².